The Hall–Kier alpha value is -2.63. The molecule has 0 bridgehead atoms. The van der Waals surface area contributed by atoms with Crippen LogP contribution in [0, 0.1) is 13.8 Å². The molecule has 0 spiro atoms. The van der Waals surface area contributed by atoms with Crippen LogP contribution >= 0.6 is 0 Å². The van der Waals surface area contributed by atoms with Crippen LogP contribution in [0.4, 0.5) is 0 Å². The van der Waals surface area contributed by atoms with Crippen LogP contribution in [0.2, 0.25) is 0 Å². The van der Waals surface area contributed by atoms with Crippen molar-refractivity contribution in [1.82, 2.24) is 0 Å². The molecule has 0 N–H and O–H groups in total. The standard InChI is InChI=1S/C18H20O6/c1-9-13-6-7-15(23-12(4)11(3)19)10(2)17(13)24-18(21)14(9)8-16(20)22-5/h6-7,12H,8H2,1-5H3/t12-/m0/s1. The van der Waals surface area contributed by atoms with Crippen molar-refractivity contribution in [2.45, 2.75) is 40.2 Å². The van der Waals surface area contributed by atoms with Gasteiger partial charge in [-0.25, -0.2) is 4.79 Å². The average molecular weight is 332 g/mol. The zero-order valence-corrected chi connectivity index (χ0v) is 14.4. The molecule has 0 amide bonds. The fourth-order valence-corrected chi connectivity index (χ4v) is 2.39. The van der Waals surface area contributed by atoms with Crippen LogP contribution in [-0.4, -0.2) is 25.0 Å². The lowest BCUT2D eigenvalue weighted by atomic mass is 10.0. The molecule has 0 saturated carbocycles. The fraction of sp³-hybridized carbons (Fsp3) is 0.389. The number of fused-ring (bicyclic) bond motifs is 1. The van der Waals surface area contributed by atoms with Crippen molar-refractivity contribution in [2.75, 3.05) is 7.11 Å². The monoisotopic (exact) mass is 332 g/mol. The molecule has 1 atom stereocenters. The van der Waals surface area contributed by atoms with Crippen LogP contribution in [0.3, 0.4) is 0 Å². The minimum Gasteiger partial charge on any atom is -0.483 e. The SMILES string of the molecule is COC(=O)Cc1c(C)c2ccc(O[C@@H](C)C(C)=O)c(C)c2oc1=O. The van der Waals surface area contributed by atoms with Gasteiger partial charge in [0.25, 0.3) is 0 Å². The number of hydrogen-bond donors (Lipinski definition) is 0. The van der Waals surface area contributed by atoms with Gasteiger partial charge in [0.1, 0.15) is 11.3 Å². The fourth-order valence-electron chi connectivity index (χ4n) is 2.39. The molecule has 1 heterocycles. The molecule has 0 radical (unpaired) electrons. The van der Waals surface area contributed by atoms with E-state index in [2.05, 4.69) is 4.74 Å². The molecule has 2 aromatic rings. The first kappa shape index (κ1) is 17.7. The van der Waals surface area contributed by atoms with E-state index in [9.17, 15) is 14.4 Å². The van der Waals surface area contributed by atoms with E-state index in [0.717, 1.165) is 0 Å². The third-order valence-corrected chi connectivity index (χ3v) is 4.08. The van der Waals surface area contributed by atoms with Gasteiger partial charge in [0, 0.05) is 10.9 Å². The van der Waals surface area contributed by atoms with Gasteiger partial charge in [0.05, 0.1) is 19.1 Å². The van der Waals surface area contributed by atoms with E-state index in [1.807, 2.05) is 0 Å². The summed E-state index contributed by atoms with van der Waals surface area (Å²) < 4.78 is 15.6. The first-order valence-corrected chi connectivity index (χ1v) is 7.56. The Kier molecular flexibility index (Phi) is 5.07. The first-order chi connectivity index (χ1) is 11.3. The van der Waals surface area contributed by atoms with Crippen molar-refractivity contribution in [2.24, 2.45) is 0 Å². The minimum atomic E-state index is -0.590. The van der Waals surface area contributed by atoms with Crippen LogP contribution in [0.25, 0.3) is 11.0 Å². The third-order valence-electron chi connectivity index (χ3n) is 4.08. The number of carbonyl (C=O) groups excluding carboxylic acids is 2. The number of methoxy groups -OCH3 is 1. The lowest BCUT2D eigenvalue weighted by Crippen LogP contribution is -2.21. The number of aryl methyl sites for hydroxylation is 2. The van der Waals surface area contributed by atoms with E-state index in [4.69, 9.17) is 9.15 Å². The quantitative estimate of drug-likeness (QED) is 0.618. The predicted molar refractivity (Wildman–Crippen MR) is 88.4 cm³/mol. The largest absolute Gasteiger partial charge is 0.483 e. The lowest BCUT2D eigenvalue weighted by molar-refractivity contribution is -0.139. The molecule has 0 saturated heterocycles. The van der Waals surface area contributed by atoms with E-state index in [-0.39, 0.29) is 17.8 Å². The van der Waals surface area contributed by atoms with Gasteiger partial charge in [0.15, 0.2) is 11.9 Å². The predicted octanol–water partition coefficient (Wildman–Crippen LogP) is 2.48. The van der Waals surface area contributed by atoms with Gasteiger partial charge in [-0.2, -0.15) is 0 Å². The molecule has 1 aromatic heterocycles. The van der Waals surface area contributed by atoms with Crippen LogP contribution in [0.1, 0.15) is 30.5 Å². The zero-order chi connectivity index (χ0) is 18.0. The summed E-state index contributed by atoms with van der Waals surface area (Å²) >= 11 is 0. The molecular formula is C18H20O6. The third kappa shape index (κ3) is 3.32. The molecule has 2 rings (SSSR count). The average Bonchev–Trinajstić information content (AvgIpc) is 2.54. The Labute approximate surface area is 139 Å². The Morgan fingerprint density at radius 3 is 2.46 bits per heavy atom. The van der Waals surface area contributed by atoms with Crippen molar-refractivity contribution in [3.63, 3.8) is 0 Å². The van der Waals surface area contributed by atoms with Gasteiger partial charge in [-0.3, -0.25) is 9.59 Å². The van der Waals surface area contributed by atoms with Gasteiger partial charge >= 0.3 is 11.6 Å². The highest BCUT2D eigenvalue weighted by Crippen LogP contribution is 2.30. The summed E-state index contributed by atoms with van der Waals surface area (Å²) in [6.45, 7) is 6.62. The maximum atomic E-state index is 12.2. The van der Waals surface area contributed by atoms with Crippen molar-refractivity contribution in [1.29, 1.82) is 0 Å². The Morgan fingerprint density at radius 2 is 1.88 bits per heavy atom. The number of hydrogen-bond acceptors (Lipinski definition) is 6. The number of ketones is 1. The molecule has 6 nitrogen and oxygen atoms in total. The maximum Gasteiger partial charge on any atom is 0.340 e. The van der Waals surface area contributed by atoms with E-state index in [0.29, 0.717) is 27.8 Å². The van der Waals surface area contributed by atoms with Crippen molar-refractivity contribution < 1.29 is 23.5 Å². The molecule has 0 aliphatic carbocycles. The summed E-state index contributed by atoms with van der Waals surface area (Å²) in [7, 11) is 1.27. The van der Waals surface area contributed by atoms with Gasteiger partial charge in [-0.1, -0.05) is 0 Å². The summed E-state index contributed by atoms with van der Waals surface area (Å²) in [5.41, 5.74) is 1.38. The molecule has 1 aromatic carbocycles. The Morgan fingerprint density at radius 1 is 1.21 bits per heavy atom. The van der Waals surface area contributed by atoms with Crippen LogP contribution in [0.5, 0.6) is 5.75 Å². The van der Waals surface area contributed by atoms with E-state index < -0.39 is 17.7 Å². The highest BCUT2D eigenvalue weighted by molar-refractivity contribution is 5.87. The summed E-state index contributed by atoms with van der Waals surface area (Å²) in [4.78, 5) is 35.1. The van der Waals surface area contributed by atoms with E-state index >= 15 is 0 Å². The highest BCUT2D eigenvalue weighted by atomic mass is 16.5. The van der Waals surface area contributed by atoms with Gasteiger partial charge < -0.3 is 13.9 Å². The van der Waals surface area contributed by atoms with E-state index in [1.54, 1.807) is 32.9 Å². The molecule has 0 aliphatic heterocycles. The van der Waals surface area contributed by atoms with Gasteiger partial charge in [0.2, 0.25) is 0 Å². The summed E-state index contributed by atoms with van der Waals surface area (Å²) in [6, 6.07) is 3.48. The number of esters is 1. The topological polar surface area (TPSA) is 82.8 Å². The van der Waals surface area contributed by atoms with Crippen molar-refractivity contribution in [3.8, 4) is 5.75 Å². The highest BCUT2D eigenvalue weighted by Gasteiger charge is 2.19. The second kappa shape index (κ2) is 6.86. The zero-order valence-electron chi connectivity index (χ0n) is 14.4. The molecular weight excluding hydrogens is 312 g/mol. The van der Waals surface area contributed by atoms with Crippen molar-refractivity contribution >= 4 is 22.7 Å². The lowest BCUT2D eigenvalue weighted by Gasteiger charge is -2.15. The molecule has 24 heavy (non-hydrogen) atoms. The number of Topliss-reactive ketones (excluding diaryl/α,β-unsaturated/α-hetero) is 1. The van der Waals surface area contributed by atoms with Crippen LogP contribution < -0.4 is 10.4 Å². The smallest absolute Gasteiger partial charge is 0.340 e. The second-order valence-electron chi connectivity index (χ2n) is 5.68. The van der Waals surface area contributed by atoms with Crippen LogP contribution in [-0.2, 0) is 20.7 Å². The number of benzene rings is 1. The van der Waals surface area contributed by atoms with Gasteiger partial charge in [-0.05, 0) is 45.4 Å². The first-order valence-electron chi connectivity index (χ1n) is 7.56. The summed E-state index contributed by atoms with van der Waals surface area (Å²) in [5.74, 6) is -0.120. The minimum absolute atomic E-state index is 0.0967. The van der Waals surface area contributed by atoms with Gasteiger partial charge in [-0.15, -0.1) is 0 Å². The molecule has 6 heteroatoms. The maximum absolute atomic E-state index is 12.2. The van der Waals surface area contributed by atoms with Crippen molar-refractivity contribution in [3.05, 3.63) is 39.2 Å². The Balaban J connectivity index is 2.57. The molecule has 0 unspecified atom stereocenters. The molecule has 0 fully saturated rings. The summed E-state index contributed by atoms with van der Waals surface area (Å²) in [6.07, 6.45) is -0.730. The number of rotatable bonds is 5. The van der Waals surface area contributed by atoms with E-state index in [1.165, 1.54) is 14.0 Å². The number of carbonyl (C=O) groups is 2. The molecule has 128 valence electrons. The number of ether oxygens (including phenoxy) is 2. The second-order valence-corrected chi connectivity index (χ2v) is 5.68. The Bertz CT molecular complexity index is 862. The summed E-state index contributed by atoms with van der Waals surface area (Å²) in [5, 5.41) is 0.717. The molecule has 0 aliphatic rings. The normalized spacial score (nSPS) is 12.0. The van der Waals surface area contributed by atoms with Crippen LogP contribution in [0.15, 0.2) is 21.3 Å².